The highest BCUT2D eigenvalue weighted by molar-refractivity contribution is 6.70. The predicted octanol–water partition coefficient (Wildman–Crippen LogP) is 1.64. The first-order chi connectivity index (χ1) is 7.63. The maximum atomic E-state index is 10.8. The van der Waals surface area contributed by atoms with Gasteiger partial charge in [-0.3, -0.25) is 5.10 Å². The molecule has 0 aliphatic rings. The van der Waals surface area contributed by atoms with Gasteiger partial charge in [0.25, 0.3) is 0 Å². The van der Waals surface area contributed by atoms with Gasteiger partial charge in [-0.1, -0.05) is 16.8 Å². The van der Waals surface area contributed by atoms with Crippen LogP contribution in [0.5, 0.6) is 0 Å². The number of hydrogen-bond acceptors (Lipinski definition) is 4. The second-order valence-corrected chi connectivity index (χ2v) is 3.39. The number of fused-ring (bicyclic) bond motifs is 1. The lowest BCUT2D eigenvalue weighted by Gasteiger charge is -1.95. The highest BCUT2D eigenvalue weighted by Crippen LogP contribution is 2.19. The number of rotatable bonds is 2. The molecule has 0 saturated carbocycles. The first-order valence-electron chi connectivity index (χ1n) is 4.23. The summed E-state index contributed by atoms with van der Waals surface area (Å²) in [6.07, 6.45) is 0. The minimum Gasteiger partial charge on any atom is -0.478 e. The molecule has 1 aromatic heterocycles. The zero-order chi connectivity index (χ0) is 11.7. The van der Waals surface area contributed by atoms with Crippen LogP contribution in [0.1, 0.15) is 16.1 Å². The molecule has 0 unspecified atom stereocenters. The van der Waals surface area contributed by atoms with Crippen molar-refractivity contribution in [3.8, 4) is 0 Å². The molecule has 0 atom stereocenters. The van der Waals surface area contributed by atoms with Gasteiger partial charge in [-0.15, -0.1) is 0 Å². The van der Waals surface area contributed by atoms with Crippen LogP contribution in [0.3, 0.4) is 0 Å². The first kappa shape index (κ1) is 10.4. The molecule has 0 aliphatic carbocycles. The number of aromatic amines is 1. The van der Waals surface area contributed by atoms with E-state index in [4.69, 9.17) is 21.9 Å². The number of carbonyl (C=O) groups is 1. The van der Waals surface area contributed by atoms with Crippen molar-refractivity contribution in [2.75, 3.05) is 0 Å². The van der Waals surface area contributed by atoms with Gasteiger partial charge < -0.3 is 10.3 Å². The van der Waals surface area contributed by atoms with Gasteiger partial charge in [0, 0.05) is 5.39 Å². The number of nitrogens with zero attached hydrogens (tertiary/aromatic N) is 2. The second kappa shape index (κ2) is 3.82. The van der Waals surface area contributed by atoms with Crippen LogP contribution in [0.4, 0.5) is 0 Å². The van der Waals surface area contributed by atoms with Gasteiger partial charge in [0.2, 0.25) is 0 Å². The van der Waals surface area contributed by atoms with E-state index in [1.807, 2.05) is 0 Å². The molecule has 0 saturated heterocycles. The number of H-pyrrole nitrogens is 1. The Labute approximate surface area is 94.1 Å². The van der Waals surface area contributed by atoms with Crippen molar-refractivity contribution in [2.45, 2.75) is 0 Å². The second-order valence-electron chi connectivity index (χ2n) is 3.03. The van der Waals surface area contributed by atoms with Crippen LogP contribution in [-0.4, -0.2) is 31.7 Å². The molecular formula is C9H6ClN3O3. The molecule has 82 valence electrons. The molecule has 16 heavy (non-hydrogen) atoms. The Morgan fingerprint density at radius 2 is 2.25 bits per heavy atom. The van der Waals surface area contributed by atoms with Crippen molar-refractivity contribution in [3.63, 3.8) is 0 Å². The molecule has 1 aromatic carbocycles. The monoisotopic (exact) mass is 239 g/mol. The number of nitrogens with one attached hydrogen (secondary N) is 1. The molecule has 0 aliphatic heterocycles. The van der Waals surface area contributed by atoms with Crippen LogP contribution in [-0.2, 0) is 0 Å². The van der Waals surface area contributed by atoms with Gasteiger partial charge in [0.1, 0.15) is 5.69 Å². The predicted molar refractivity (Wildman–Crippen MR) is 57.2 cm³/mol. The highest BCUT2D eigenvalue weighted by atomic mass is 35.5. The van der Waals surface area contributed by atoms with Crippen LogP contribution in [0.15, 0.2) is 23.4 Å². The van der Waals surface area contributed by atoms with E-state index in [0.717, 1.165) is 0 Å². The molecule has 0 bridgehead atoms. The molecule has 0 fully saturated rings. The fraction of sp³-hybridized carbons (Fsp3) is 0. The summed E-state index contributed by atoms with van der Waals surface area (Å²) in [6.45, 7) is 0. The SMILES string of the molecule is O=C(O)c1ccc2[nH]nc(/C(Cl)=N\O)c2c1. The van der Waals surface area contributed by atoms with E-state index in [-0.39, 0.29) is 16.4 Å². The smallest absolute Gasteiger partial charge is 0.335 e. The molecule has 2 aromatic rings. The minimum absolute atomic E-state index is 0.109. The Balaban J connectivity index is 2.69. The third-order valence-electron chi connectivity index (χ3n) is 2.09. The van der Waals surface area contributed by atoms with Crippen molar-refractivity contribution in [1.82, 2.24) is 10.2 Å². The molecule has 6 nitrogen and oxygen atoms in total. The molecular weight excluding hydrogens is 234 g/mol. The van der Waals surface area contributed by atoms with Crippen molar-refractivity contribution in [2.24, 2.45) is 5.16 Å². The molecule has 0 amide bonds. The van der Waals surface area contributed by atoms with Crippen LogP contribution in [0.25, 0.3) is 10.9 Å². The van der Waals surface area contributed by atoms with E-state index in [9.17, 15) is 4.79 Å². The Bertz CT molecular complexity index is 591. The van der Waals surface area contributed by atoms with Crippen LogP contribution in [0.2, 0.25) is 0 Å². The zero-order valence-corrected chi connectivity index (χ0v) is 8.56. The summed E-state index contributed by atoms with van der Waals surface area (Å²) in [5, 5.41) is 26.9. The third kappa shape index (κ3) is 1.59. The van der Waals surface area contributed by atoms with E-state index in [2.05, 4.69) is 15.4 Å². The Morgan fingerprint density at radius 3 is 2.88 bits per heavy atom. The number of carboxylic acids is 1. The van der Waals surface area contributed by atoms with E-state index in [0.29, 0.717) is 10.9 Å². The molecule has 3 N–H and O–H groups in total. The largest absolute Gasteiger partial charge is 0.478 e. The maximum Gasteiger partial charge on any atom is 0.335 e. The Morgan fingerprint density at radius 1 is 1.50 bits per heavy atom. The molecule has 0 spiro atoms. The number of oxime groups is 1. The molecule has 2 rings (SSSR count). The highest BCUT2D eigenvalue weighted by Gasteiger charge is 2.13. The number of aromatic carboxylic acids is 1. The summed E-state index contributed by atoms with van der Waals surface area (Å²) >= 11 is 5.61. The summed E-state index contributed by atoms with van der Waals surface area (Å²) < 4.78 is 0. The van der Waals surface area contributed by atoms with E-state index in [1.165, 1.54) is 12.1 Å². The van der Waals surface area contributed by atoms with Crippen LogP contribution >= 0.6 is 11.6 Å². The fourth-order valence-electron chi connectivity index (χ4n) is 1.35. The quantitative estimate of drug-likeness (QED) is 0.421. The van der Waals surface area contributed by atoms with Crippen molar-refractivity contribution in [3.05, 3.63) is 29.5 Å². The number of benzene rings is 1. The van der Waals surface area contributed by atoms with Crippen LogP contribution < -0.4 is 0 Å². The van der Waals surface area contributed by atoms with Crippen molar-refractivity contribution >= 4 is 33.6 Å². The lowest BCUT2D eigenvalue weighted by molar-refractivity contribution is 0.0697. The zero-order valence-electron chi connectivity index (χ0n) is 7.81. The number of carboxylic acid groups (broad SMARTS) is 1. The molecule has 0 radical (unpaired) electrons. The number of hydrogen-bond donors (Lipinski definition) is 3. The standard InChI is InChI=1S/C9H6ClN3O3/c10-8(13-16)7-5-3-4(9(14)15)1-2-6(5)11-12-7/h1-3,16H,(H,11,12)(H,14,15)/b13-8+. The minimum atomic E-state index is -1.05. The lowest BCUT2D eigenvalue weighted by Crippen LogP contribution is -1.96. The molecule has 7 heteroatoms. The van der Waals surface area contributed by atoms with Crippen molar-refractivity contribution < 1.29 is 15.1 Å². The average molecular weight is 240 g/mol. The van der Waals surface area contributed by atoms with Gasteiger partial charge in [-0.2, -0.15) is 5.10 Å². The topological polar surface area (TPSA) is 98.6 Å². The Kier molecular flexibility index (Phi) is 2.49. The van der Waals surface area contributed by atoms with Gasteiger partial charge >= 0.3 is 5.97 Å². The number of aromatic nitrogens is 2. The molecule has 1 heterocycles. The summed E-state index contributed by atoms with van der Waals surface area (Å²) in [5.74, 6) is -1.05. The normalized spacial score (nSPS) is 11.9. The van der Waals surface area contributed by atoms with Gasteiger partial charge in [-0.25, -0.2) is 4.79 Å². The van der Waals surface area contributed by atoms with Gasteiger partial charge in [0.15, 0.2) is 5.17 Å². The van der Waals surface area contributed by atoms with E-state index in [1.54, 1.807) is 6.07 Å². The van der Waals surface area contributed by atoms with Gasteiger partial charge in [-0.05, 0) is 18.2 Å². The van der Waals surface area contributed by atoms with Crippen molar-refractivity contribution in [1.29, 1.82) is 0 Å². The third-order valence-corrected chi connectivity index (χ3v) is 2.35. The summed E-state index contributed by atoms with van der Waals surface area (Å²) in [6, 6.07) is 4.41. The summed E-state index contributed by atoms with van der Waals surface area (Å²) in [7, 11) is 0. The first-order valence-corrected chi connectivity index (χ1v) is 4.60. The summed E-state index contributed by atoms with van der Waals surface area (Å²) in [5.41, 5.74) is 0.932. The maximum absolute atomic E-state index is 10.8. The van der Waals surface area contributed by atoms with E-state index < -0.39 is 5.97 Å². The summed E-state index contributed by atoms with van der Waals surface area (Å²) in [4.78, 5) is 10.8. The van der Waals surface area contributed by atoms with E-state index >= 15 is 0 Å². The lowest BCUT2D eigenvalue weighted by atomic mass is 10.1. The number of halogens is 1. The fourth-order valence-corrected chi connectivity index (χ4v) is 1.50. The average Bonchev–Trinajstić information content (AvgIpc) is 2.70. The Hall–Kier alpha value is -2.08. The van der Waals surface area contributed by atoms with Gasteiger partial charge in [0.05, 0.1) is 11.1 Å². The van der Waals surface area contributed by atoms with Crippen LogP contribution in [0, 0.1) is 0 Å².